The number of likely N-dealkylation sites (tertiary alicyclic amines) is 1. The zero-order valence-corrected chi connectivity index (χ0v) is 14.2. The number of benzene rings is 1. The average Bonchev–Trinajstić information content (AvgIpc) is 3.09. The van der Waals surface area contributed by atoms with Crippen LogP contribution in [-0.4, -0.2) is 34.3 Å². The zero-order chi connectivity index (χ0) is 16.2. The summed E-state index contributed by atoms with van der Waals surface area (Å²) in [5.41, 5.74) is 3.34. The van der Waals surface area contributed by atoms with Gasteiger partial charge < -0.3 is 4.74 Å². The SMILES string of the molecule is CC(C)Oc1ccc(-c2cccc(C(C)N3CCCC3)c2)nn1. The summed E-state index contributed by atoms with van der Waals surface area (Å²) in [5, 5.41) is 8.48. The third-order valence-electron chi connectivity index (χ3n) is 4.35. The van der Waals surface area contributed by atoms with Gasteiger partial charge in [-0.05, 0) is 64.4 Å². The van der Waals surface area contributed by atoms with Gasteiger partial charge >= 0.3 is 0 Å². The van der Waals surface area contributed by atoms with Crippen LogP contribution in [0.3, 0.4) is 0 Å². The Labute approximate surface area is 138 Å². The molecule has 0 N–H and O–H groups in total. The lowest BCUT2D eigenvalue weighted by Crippen LogP contribution is -2.23. The molecule has 4 heteroatoms. The van der Waals surface area contributed by atoms with Gasteiger partial charge in [-0.15, -0.1) is 10.2 Å². The molecule has 0 aliphatic carbocycles. The lowest BCUT2D eigenvalue weighted by atomic mass is 10.0. The summed E-state index contributed by atoms with van der Waals surface area (Å²) in [7, 11) is 0. The topological polar surface area (TPSA) is 38.2 Å². The van der Waals surface area contributed by atoms with Crippen LogP contribution in [0.2, 0.25) is 0 Å². The van der Waals surface area contributed by atoms with Crippen LogP contribution >= 0.6 is 0 Å². The van der Waals surface area contributed by atoms with Gasteiger partial charge in [-0.1, -0.05) is 18.2 Å². The van der Waals surface area contributed by atoms with E-state index in [0.717, 1.165) is 11.3 Å². The molecule has 0 spiro atoms. The van der Waals surface area contributed by atoms with Crippen LogP contribution in [0, 0.1) is 0 Å². The molecule has 1 aliphatic heterocycles. The van der Waals surface area contributed by atoms with Crippen molar-refractivity contribution in [1.82, 2.24) is 15.1 Å². The predicted molar refractivity (Wildman–Crippen MR) is 92.5 cm³/mol. The number of ether oxygens (including phenoxy) is 1. The molecule has 0 amide bonds. The van der Waals surface area contributed by atoms with Gasteiger partial charge in [-0.25, -0.2) is 0 Å². The lowest BCUT2D eigenvalue weighted by molar-refractivity contribution is 0.230. The van der Waals surface area contributed by atoms with Gasteiger partial charge in [-0.2, -0.15) is 0 Å². The third-order valence-corrected chi connectivity index (χ3v) is 4.35. The Bertz CT molecular complexity index is 633. The molecular weight excluding hydrogens is 286 g/mol. The van der Waals surface area contributed by atoms with E-state index < -0.39 is 0 Å². The molecule has 0 saturated carbocycles. The summed E-state index contributed by atoms with van der Waals surface area (Å²) in [6.07, 6.45) is 2.74. The Balaban J connectivity index is 1.78. The van der Waals surface area contributed by atoms with E-state index in [1.54, 1.807) is 0 Å². The van der Waals surface area contributed by atoms with Crippen LogP contribution in [-0.2, 0) is 0 Å². The fraction of sp³-hybridized carbons (Fsp3) is 0.474. The average molecular weight is 311 g/mol. The second-order valence-corrected chi connectivity index (χ2v) is 6.47. The van der Waals surface area contributed by atoms with E-state index in [1.165, 1.54) is 31.5 Å². The molecule has 3 rings (SSSR count). The maximum atomic E-state index is 5.55. The van der Waals surface area contributed by atoms with E-state index in [9.17, 15) is 0 Å². The van der Waals surface area contributed by atoms with Gasteiger partial charge in [0.2, 0.25) is 5.88 Å². The standard InChI is InChI=1S/C19H25N3O/c1-14(2)23-19-10-9-18(20-21-19)17-8-6-7-16(13-17)15(3)22-11-4-5-12-22/h6-10,13-15H,4-5,11-12H2,1-3H3. The molecule has 2 heterocycles. The van der Waals surface area contributed by atoms with E-state index in [1.807, 2.05) is 26.0 Å². The molecule has 0 bridgehead atoms. The minimum Gasteiger partial charge on any atom is -0.474 e. The van der Waals surface area contributed by atoms with Gasteiger partial charge in [0, 0.05) is 17.7 Å². The van der Waals surface area contributed by atoms with E-state index in [0.29, 0.717) is 11.9 Å². The fourth-order valence-electron chi connectivity index (χ4n) is 3.08. The summed E-state index contributed by atoms with van der Waals surface area (Å²) in [6, 6.07) is 13.0. The molecule has 2 aromatic rings. The third kappa shape index (κ3) is 3.88. The highest BCUT2D eigenvalue weighted by Gasteiger charge is 2.19. The summed E-state index contributed by atoms with van der Waals surface area (Å²) >= 11 is 0. The molecule has 1 aromatic heterocycles. The molecule has 1 aromatic carbocycles. The number of rotatable bonds is 5. The summed E-state index contributed by atoms with van der Waals surface area (Å²) in [6.45, 7) is 8.66. The molecule has 0 radical (unpaired) electrons. The molecule has 1 saturated heterocycles. The molecular formula is C19H25N3O. The van der Waals surface area contributed by atoms with Crippen molar-refractivity contribution in [3.63, 3.8) is 0 Å². The predicted octanol–water partition coefficient (Wildman–Crippen LogP) is 4.09. The number of nitrogens with zero attached hydrogens (tertiary/aromatic N) is 3. The highest BCUT2D eigenvalue weighted by molar-refractivity contribution is 5.59. The second kappa shape index (κ2) is 7.09. The highest BCUT2D eigenvalue weighted by Crippen LogP contribution is 2.27. The smallest absolute Gasteiger partial charge is 0.233 e. The Morgan fingerprint density at radius 1 is 1.00 bits per heavy atom. The normalized spacial score (nSPS) is 16.7. The number of hydrogen-bond acceptors (Lipinski definition) is 4. The highest BCUT2D eigenvalue weighted by atomic mass is 16.5. The van der Waals surface area contributed by atoms with Crippen molar-refractivity contribution in [2.75, 3.05) is 13.1 Å². The molecule has 23 heavy (non-hydrogen) atoms. The van der Waals surface area contributed by atoms with Crippen molar-refractivity contribution in [2.24, 2.45) is 0 Å². The number of hydrogen-bond donors (Lipinski definition) is 0. The molecule has 1 fully saturated rings. The molecule has 122 valence electrons. The first-order valence-electron chi connectivity index (χ1n) is 8.48. The Kier molecular flexibility index (Phi) is 4.91. The van der Waals surface area contributed by atoms with E-state index in [4.69, 9.17) is 4.74 Å². The van der Waals surface area contributed by atoms with Gasteiger partial charge in [0.25, 0.3) is 0 Å². The quantitative estimate of drug-likeness (QED) is 0.833. The monoisotopic (exact) mass is 311 g/mol. The molecule has 1 unspecified atom stereocenters. The first kappa shape index (κ1) is 15.9. The Morgan fingerprint density at radius 3 is 2.43 bits per heavy atom. The zero-order valence-electron chi connectivity index (χ0n) is 14.2. The maximum Gasteiger partial charge on any atom is 0.233 e. The minimum atomic E-state index is 0.111. The van der Waals surface area contributed by atoms with Gasteiger partial charge in [0.15, 0.2) is 0 Å². The van der Waals surface area contributed by atoms with Gasteiger partial charge in [-0.3, -0.25) is 4.90 Å². The van der Waals surface area contributed by atoms with Crippen LogP contribution in [0.5, 0.6) is 5.88 Å². The van der Waals surface area contributed by atoms with Crippen molar-refractivity contribution in [3.05, 3.63) is 42.0 Å². The van der Waals surface area contributed by atoms with Crippen molar-refractivity contribution < 1.29 is 4.74 Å². The lowest BCUT2D eigenvalue weighted by Gasteiger charge is -2.24. The largest absolute Gasteiger partial charge is 0.474 e. The van der Waals surface area contributed by atoms with E-state index in [2.05, 4.69) is 46.3 Å². The Hall–Kier alpha value is -1.94. The van der Waals surface area contributed by atoms with Crippen LogP contribution in [0.4, 0.5) is 0 Å². The fourth-order valence-corrected chi connectivity index (χ4v) is 3.08. The number of aromatic nitrogens is 2. The molecule has 4 nitrogen and oxygen atoms in total. The summed E-state index contributed by atoms with van der Waals surface area (Å²) < 4.78 is 5.55. The van der Waals surface area contributed by atoms with Crippen molar-refractivity contribution in [3.8, 4) is 17.1 Å². The molecule has 1 aliphatic rings. The summed E-state index contributed by atoms with van der Waals surface area (Å²) in [4.78, 5) is 2.55. The van der Waals surface area contributed by atoms with Crippen LogP contribution in [0.15, 0.2) is 36.4 Å². The maximum absolute atomic E-state index is 5.55. The van der Waals surface area contributed by atoms with Crippen molar-refractivity contribution >= 4 is 0 Å². The summed E-state index contributed by atoms with van der Waals surface area (Å²) in [5.74, 6) is 0.574. The first-order chi connectivity index (χ1) is 11.1. The van der Waals surface area contributed by atoms with Gasteiger partial charge in [0.1, 0.15) is 0 Å². The van der Waals surface area contributed by atoms with Crippen LogP contribution in [0.1, 0.15) is 45.2 Å². The van der Waals surface area contributed by atoms with Crippen molar-refractivity contribution in [2.45, 2.75) is 45.8 Å². The van der Waals surface area contributed by atoms with Crippen molar-refractivity contribution in [1.29, 1.82) is 0 Å². The van der Waals surface area contributed by atoms with Crippen LogP contribution < -0.4 is 4.74 Å². The minimum absolute atomic E-state index is 0.111. The van der Waals surface area contributed by atoms with Gasteiger partial charge in [0.05, 0.1) is 11.8 Å². The first-order valence-corrected chi connectivity index (χ1v) is 8.48. The van der Waals surface area contributed by atoms with Crippen LogP contribution in [0.25, 0.3) is 11.3 Å². The Morgan fingerprint density at radius 2 is 1.78 bits per heavy atom. The van der Waals surface area contributed by atoms with E-state index >= 15 is 0 Å². The second-order valence-electron chi connectivity index (χ2n) is 6.47. The van der Waals surface area contributed by atoms with E-state index in [-0.39, 0.29) is 6.10 Å². The molecule has 1 atom stereocenters.